The molecule has 2 atom stereocenters. The Morgan fingerprint density at radius 2 is 1.41 bits per heavy atom. The van der Waals surface area contributed by atoms with Crippen LogP contribution in [0.5, 0.6) is 0 Å². The fraction of sp³-hybridized carbons (Fsp3) is 0.273. The second-order valence-electron chi connectivity index (χ2n) is 3.53. The highest BCUT2D eigenvalue weighted by molar-refractivity contribution is 5.84. The summed E-state index contributed by atoms with van der Waals surface area (Å²) in [6.07, 6.45) is -3.94. The zero-order valence-electron chi connectivity index (χ0n) is 8.65. The van der Waals surface area contributed by atoms with E-state index in [1.54, 1.807) is 30.3 Å². The van der Waals surface area contributed by atoms with Crippen LogP contribution in [0.25, 0.3) is 0 Å². The molecule has 0 unspecified atom stereocenters. The molecule has 1 heterocycles. The third-order valence-electron chi connectivity index (χ3n) is 2.37. The molecule has 17 heavy (non-hydrogen) atoms. The SMILES string of the molecule is O=C(O)[C@@H]1OC(c2ccccc2)O[C@H]1C(=O)O. The van der Waals surface area contributed by atoms with Crippen LogP contribution in [-0.2, 0) is 19.1 Å². The minimum absolute atomic E-state index is 0.586. The maximum Gasteiger partial charge on any atom is 0.336 e. The molecule has 0 radical (unpaired) electrons. The molecule has 0 aliphatic carbocycles. The summed E-state index contributed by atoms with van der Waals surface area (Å²) >= 11 is 0. The van der Waals surface area contributed by atoms with Crippen molar-refractivity contribution in [3.05, 3.63) is 35.9 Å². The van der Waals surface area contributed by atoms with Gasteiger partial charge < -0.3 is 19.7 Å². The maximum absolute atomic E-state index is 10.8. The van der Waals surface area contributed by atoms with Gasteiger partial charge in [-0.1, -0.05) is 30.3 Å². The third-order valence-corrected chi connectivity index (χ3v) is 2.37. The number of rotatable bonds is 3. The monoisotopic (exact) mass is 238 g/mol. The van der Waals surface area contributed by atoms with E-state index in [1.807, 2.05) is 0 Å². The Balaban J connectivity index is 2.20. The number of hydrogen-bond acceptors (Lipinski definition) is 4. The summed E-state index contributed by atoms with van der Waals surface area (Å²) in [7, 11) is 0. The predicted molar refractivity (Wildman–Crippen MR) is 54.2 cm³/mol. The van der Waals surface area contributed by atoms with Crippen LogP contribution in [0, 0.1) is 0 Å². The minimum atomic E-state index is -1.49. The van der Waals surface area contributed by atoms with Gasteiger partial charge in [0, 0.05) is 5.56 Å². The van der Waals surface area contributed by atoms with Gasteiger partial charge in [-0.25, -0.2) is 9.59 Å². The molecular weight excluding hydrogens is 228 g/mol. The maximum atomic E-state index is 10.8. The van der Waals surface area contributed by atoms with Crippen LogP contribution >= 0.6 is 0 Å². The first-order chi connectivity index (χ1) is 8.09. The number of hydrogen-bond donors (Lipinski definition) is 2. The molecule has 6 nitrogen and oxygen atoms in total. The van der Waals surface area contributed by atoms with Gasteiger partial charge in [0.1, 0.15) is 0 Å². The molecule has 2 N–H and O–H groups in total. The van der Waals surface area contributed by atoms with E-state index in [0.717, 1.165) is 0 Å². The van der Waals surface area contributed by atoms with Crippen molar-refractivity contribution >= 4 is 11.9 Å². The molecule has 0 bridgehead atoms. The standard InChI is InChI=1S/C11H10O6/c12-9(13)7-8(10(14)15)17-11(16-7)6-4-2-1-3-5-6/h1-5,7-8,11H,(H,12,13)(H,14,15)/t7-,8-/m1/s1. The molecule has 1 aromatic rings. The van der Waals surface area contributed by atoms with Crippen molar-refractivity contribution in [2.75, 3.05) is 0 Å². The number of benzene rings is 1. The second-order valence-corrected chi connectivity index (χ2v) is 3.53. The van der Waals surface area contributed by atoms with E-state index >= 15 is 0 Å². The zero-order valence-corrected chi connectivity index (χ0v) is 8.65. The smallest absolute Gasteiger partial charge is 0.336 e. The van der Waals surface area contributed by atoms with Crippen molar-refractivity contribution in [1.82, 2.24) is 0 Å². The van der Waals surface area contributed by atoms with Gasteiger partial charge in [-0.15, -0.1) is 0 Å². The summed E-state index contributed by atoms with van der Waals surface area (Å²) in [5.74, 6) is -2.70. The number of carbonyl (C=O) groups is 2. The van der Waals surface area contributed by atoms with Gasteiger partial charge in [-0.2, -0.15) is 0 Å². The zero-order chi connectivity index (χ0) is 12.4. The quantitative estimate of drug-likeness (QED) is 0.802. The third kappa shape index (κ3) is 2.27. The largest absolute Gasteiger partial charge is 0.479 e. The van der Waals surface area contributed by atoms with E-state index < -0.39 is 30.4 Å². The summed E-state index contributed by atoms with van der Waals surface area (Å²) in [6, 6.07) is 8.58. The predicted octanol–water partition coefficient (Wildman–Crippen LogP) is 0.638. The van der Waals surface area contributed by atoms with E-state index in [4.69, 9.17) is 19.7 Å². The molecule has 1 aliphatic heterocycles. The van der Waals surface area contributed by atoms with Crippen molar-refractivity contribution in [3.8, 4) is 0 Å². The summed E-state index contributed by atoms with van der Waals surface area (Å²) < 4.78 is 10.2. The molecule has 1 aliphatic rings. The van der Waals surface area contributed by atoms with Crippen molar-refractivity contribution < 1.29 is 29.3 Å². The fourth-order valence-electron chi connectivity index (χ4n) is 1.58. The van der Waals surface area contributed by atoms with E-state index in [-0.39, 0.29) is 0 Å². The number of ether oxygens (including phenoxy) is 2. The Labute approximate surface area is 96.4 Å². The van der Waals surface area contributed by atoms with Crippen molar-refractivity contribution in [3.63, 3.8) is 0 Å². The van der Waals surface area contributed by atoms with Gasteiger partial charge in [0.15, 0.2) is 18.5 Å². The summed E-state index contributed by atoms with van der Waals surface area (Å²) in [6.45, 7) is 0. The van der Waals surface area contributed by atoms with E-state index in [9.17, 15) is 9.59 Å². The first-order valence-corrected chi connectivity index (χ1v) is 4.91. The molecule has 6 heteroatoms. The molecule has 2 rings (SSSR count). The van der Waals surface area contributed by atoms with E-state index in [0.29, 0.717) is 5.56 Å². The highest BCUT2D eigenvalue weighted by Gasteiger charge is 2.45. The first kappa shape index (κ1) is 11.6. The number of carboxylic acids is 2. The Hall–Kier alpha value is -1.92. The Bertz CT molecular complexity index is 407. The summed E-state index contributed by atoms with van der Waals surface area (Å²) in [5.41, 5.74) is 0.586. The van der Waals surface area contributed by atoms with Gasteiger partial charge in [-0.05, 0) is 0 Å². The Kier molecular flexibility index (Phi) is 3.08. The average molecular weight is 238 g/mol. The van der Waals surface area contributed by atoms with Crippen LogP contribution in [0.1, 0.15) is 11.9 Å². The highest BCUT2D eigenvalue weighted by Crippen LogP contribution is 2.31. The Morgan fingerprint density at radius 1 is 0.941 bits per heavy atom. The van der Waals surface area contributed by atoms with Gasteiger partial charge in [0.05, 0.1) is 0 Å². The fourth-order valence-corrected chi connectivity index (χ4v) is 1.58. The minimum Gasteiger partial charge on any atom is -0.479 e. The van der Waals surface area contributed by atoms with Crippen LogP contribution in [0.2, 0.25) is 0 Å². The van der Waals surface area contributed by atoms with Gasteiger partial charge >= 0.3 is 11.9 Å². The van der Waals surface area contributed by atoms with Crippen molar-refractivity contribution in [2.24, 2.45) is 0 Å². The lowest BCUT2D eigenvalue weighted by Crippen LogP contribution is -2.36. The molecule has 0 amide bonds. The lowest BCUT2D eigenvalue weighted by Gasteiger charge is -2.08. The normalized spacial score (nSPS) is 24.7. The van der Waals surface area contributed by atoms with Crippen LogP contribution in [0.3, 0.4) is 0 Å². The summed E-state index contributed by atoms with van der Waals surface area (Å²) in [5, 5.41) is 17.7. The molecule has 0 spiro atoms. The molecule has 1 fully saturated rings. The van der Waals surface area contributed by atoms with Crippen LogP contribution in [0.4, 0.5) is 0 Å². The lowest BCUT2D eigenvalue weighted by molar-refractivity contribution is -0.156. The molecule has 90 valence electrons. The van der Waals surface area contributed by atoms with Gasteiger partial charge in [-0.3, -0.25) is 0 Å². The van der Waals surface area contributed by atoms with Gasteiger partial charge in [0.2, 0.25) is 0 Å². The molecule has 1 aromatic carbocycles. The molecular formula is C11H10O6. The van der Waals surface area contributed by atoms with Crippen LogP contribution in [-0.4, -0.2) is 34.4 Å². The van der Waals surface area contributed by atoms with Crippen molar-refractivity contribution in [2.45, 2.75) is 18.5 Å². The van der Waals surface area contributed by atoms with E-state index in [1.165, 1.54) is 0 Å². The van der Waals surface area contributed by atoms with Crippen LogP contribution < -0.4 is 0 Å². The molecule has 1 saturated heterocycles. The second kappa shape index (κ2) is 4.52. The molecule has 0 saturated carbocycles. The topological polar surface area (TPSA) is 93.1 Å². The molecule has 0 aromatic heterocycles. The summed E-state index contributed by atoms with van der Waals surface area (Å²) in [4.78, 5) is 21.6. The number of carboxylic acid groups (broad SMARTS) is 2. The average Bonchev–Trinajstić information content (AvgIpc) is 2.75. The number of aliphatic carboxylic acids is 2. The van der Waals surface area contributed by atoms with Gasteiger partial charge in [0.25, 0.3) is 0 Å². The highest BCUT2D eigenvalue weighted by atomic mass is 16.7. The van der Waals surface area contributed by atoms with E-state index in [2.05, 4.69) is 0 Å². The van der Waals surface area contributed by atoms with Crippen LogP contribution in [0.15, 0.2) is 30.3 Å². The first-order valence-electron chi connectivity index (χ1n) is 4.91. The van der Waals surface area contributed by atoms with Crippen molar-refractivity contribution in [1.29, 1.82) is 0 Å². The lowest BCUT2D eigenvalue weighted by atomic mass is 10.2. The Morgan fingerprint density at radius 3 is 1.82 bits per heavy atom.